The van der Waals surface area contributed by atoms with Gasteiger partial charge in [0.05, 0.1) is 15.8 Å². The van der Waals surface area contributed by atoms with Gasteiger partial charge < -0.3 is 5.32 Å². The van der Waals surface area contributed by atoms with Crippen LogP contribution in [0.2, 0.25) is 0 Å². The Labute approximate surface area is 142 Å². The minimum Gasteiger partial charge on any atom is -0.323 e. The highest BCUT2D eigenvalue weighted by Crippen LogP contribution is 2.43. The summed E-state index contributed by atoms with van der Waals surface area (Å²) in [5.41, 5.74) is 4.68. The molecular formula is C16H16N2OS3. The Morgan fingerprint density at radius 2 is 2.18 bits per heavy atom. The lowest BCUT2D eigenvalue weighted by Crippen LogP contribution is -2.08. The molecule has 3 nitrogen and oxygen atoms in total. The number of aromatic nitrogens is 1. The molecular weight excluding hydrogens is 332 g/mol. The number of thiazole rings is 1. The third-order valence-electron chi connectivity index (χ3n) is 3.11. The van der Waals surface area contributed by atoms with Crippen molar-refractivity contribution in [2.75, 3.05) is 16.8 Å². The number of benzene rings is 1. The second-order valence-corrected chi connectivity index (χ2v) is 8.23. The number of hydrogen-bond donors (Lipinski definition) is 1. The molecule has 1 N–H and O–H groups in total. The summed E-state index contributed by atoms with van der Waals surface area (Å²) in [6.07, 6.45) is 4.53. The molecule has 1 saturated heterocycles. The number of carbonyl (C=O) groups excluding carboxylic acids is 1. The number of anilines is 1. The average Bonchev–Trinajstić information content (AvgIpc) is 3.08. The van der Waals surface area contributed by atoms with Crippen molar-refractivity contribution in [3.63, 3.8) is 0 Å². The van der Waals surface area contributed by atoms with Gasteiger partial charge in [-0.1, -0.05) is 12.1 Å². The van der Waals surface area contributed by atoms with E-state index in [-0.39, 0.29) is 5.91 Å². The molecule has 2 aromatic rings. The van der Waals surface area contributed by atoms with Gasteiger partial charge in [-0.15, -0.1) is 34.9 Å². The molecule has 0 saturated carbocycles. The minimum absolute atomic E-state index is 0.130. The van der Waals surface area contributed by atoms with Crippen LogP contribution in [0.25, 0.3) is 6.08 Å². The number of thioether (sulfide) groups is 2. The van der Waals surface area contributed by atoms with E-state index in [2.05, 4.69) is 22.4 Å². The van der Waals surface area contributed by atoms with Crippen molar-refractivity contribution in [2.45, 2.75) is 11.0 Å². The fraction of sp³-hybridized carbons (Fsp3) is 0.250. The average molecular weight is 349 g/mol. The summed E-state index contributed by atoms with van der Waals surface area (Å²) in [4.78, 5) is 16.1. The Bertz CT molecular complexity index is 649. The van der Waals surface area contributed by atoms with Crippen LogP contribution in [-0.4, -0.2) is 22.4 Å². The van der Waals surface area contributed by atoms with Crippen LogP contribution in [0.15, 0.2) is 41.2 Å². The van der Waals surface area contributed by atoms with Gasteiger partial charge in [0.1, 0.15) is 0 Å². The molecule has 0 bridgehead atoms. The van der Waals surface area contributed by atoms with Crippen molar-refractivity contribution in [1.29, 1.82) is 0 Å². The number of hydrogen-bond acceptors (Lipinski definition) is 5. The van der Waals surface area contributed by atoms with Crippen LogP contribution in [-0.2, 0) is 4.79 Å². The largest absolute Gasteiger partial charge is 0.323 e. The third kappa shape index (κ3) is 4.38. The lowest BCUT2D eigenvalue weighted by molar-refractivity contribution is -0.111. The Hall–Kier alpha value is -1.24. The van der Waals surface area contributed by atoms with E-state index in [9.17, 15) is 4.79 Å². The van der Waals surface area contributed by atoms with E-state index in [1.54, 1.807) is 11.6 Å². The number of carbonyl (C=O) groups is 1. The zero-order chi connectivity index (χ0) is 15.2. The van der Waals surface area contributed by atoms with Crippen LogP contribution in [0.3, 0.4) is 0 Å². The molecule has 6 heteroatoms. The molecule has 1 fully saturated rings. The summed E-state index contributed by atoms with van der Waals surface area (Å²) in [7, 11) is 0. The SMILES string of the molecule is O=C(C=Cc1cscn1)Nc1cccc(C2SCCCS2)c1. The summed E-state index contributed by atoms with van der Waals surface area (Å²) in [5.74, 6) is 2.30. The van der Waals surface area contributed by atoms with Crippen molar-refractivity contribution < 1.29 is 4.79 Å². The first-order valence-corrected chi connectivity index (χ1v) is 10.1. The lowest BCUT2D eigenvalue weighted by Gasteiger charge is -2.21. The van der Waals surface area contributed by atoms with Crippen LogP contribution in [0.4, 0.5) is 5.69 Å². The maximum Gasteiger partial charge on any atom is 0.248 e. The topological polar surface area (TPSA) is 42.0 Å². The highest BCUT2D eigenvalue weighted by molar-refractivity contribution is 8.16. The molecule has 1 aliphatic heterocycles. The fourth-order valence-electron chi connectivity index (χ4n) is 2.09. The van der Waals surface area contributed by atoms with Crippen LogP contribution in [0.1, 0.15) is 22.3 Å². The standard InChI is InChI=1S/C16H16N2OS3/c19-15(6-5-14-10-20-11-17-14)18-13-4-1-3-12(9-13)16-21-7-2-8-22-16/h1,3-6,9-11,16H,2,7-8H2,(H,18,19). The second-order valence-electron chi connectivity index (χ2n) is 4.79. The molecule has 2 heterocycles. The molecule has 1 aromatic carbocycles. The van der Waals surface area contributed by atoms with Gasteiger partial charge in [0, 0.05) is 17.1 Å². The number of nitrogens with one attached hydrogen (secondary N) is 1. The van der Waals surface area contributed by atoms with Crippen LogP contribution in [0, 0.1) is 0 Å². The summed E-state index contributed by atoms with van der Waals surface area (Å²) in [5, 5.41) is 4.82. The van der Waals surface area contributed by atoms with Crippen molar-refractivity contribution >= 4 is 52.5 Å². The number of rotatable bonds is 4. The molecule has 0 spiro atoms. The Kier molecular flexibility index (Phi) is 5.58. The van der Waals surface area contributed by atoms with Gasteiger partial charge in [-0.3, -0.25) is 4.79 Å². The minimum atomic E-state index is -0.130. The summed E-state index contributed by atoms with van der Waals surface area (Å²) in [6, 6.07) is 8.14. The van der Waals surface area contributed by atoms with E-state index in [0.717, 1.165) is 11.4 Å². The highest BCUT2D eigenvalue weighted by atomic mass is 32.2. The van der Waals surface area contributed by atoms with Gasteiger partial charge in [0.15, 0.2) is 0 Å². The predicted octanol–water partition coefficient (Wildman–Crippen LogP) is 4.66. The predicted molar refractivity (Wildman–Crippen MR) is 98.5 cm³/mol. The summed E-state index contributed by atoms with van der Waals surface area (Å²) in [6.45, 7) is 0. The van der Waals surface area contributed by atoms with E-state index in [1.165, 1.54) is 40.9 Å². The van der Waals surface area contributed by atoms with E-state index in [1.807, 2.05) is 41.0 Å². The van der Waals surface area contributed by atoms with E-state index >= 15 is 0 Å². The molecule has 0 radical (unpaired) electrons. The van der Waals surface area contributed by atoms with Crippen molar-refractivity contribution in [1.82, 2.24) is 4.98 Å². The Morgan fingerprint density at radius 1 is 1.32 bits per heavy atom. The quantitative estimate of drug-likeness (QED) is 0.816. The zero-order valence-corrected chi connectivity index (χ0v) is 14.3. The first kappa shape index (κ1) is 15.6. The van der Waals surface area contributed by atoms with Gasteiger partial charge in [0.2, 0.25) is 5.91 Å². The zero-order valence-electron chi connectivity index (χ0n) is 11.9. The maximum atomic E-state index is 12.0. The van der Waals surface area contributed by atoms with Crippen LogP contribution in [0.5, 0.6) is 0 Å². The molecule has 3 rings (SSSR count). The smallest absolute Gasteiger partial charge is 0.248 e. The molecule has 1 amide bonds. The normalized spacial score (nSPS) is 16.0. The maximum absolute atomic E-state index is 12.0. The molecule has 0 aliphatic carbocycles. The second kappa shape index (κ2) is 7.85. The molecule has 0 unspecified atom stereocenters. The van der Waals surface area contributed by atoms with E-state index in [0.29, 0.717) is 4.58 Å². The summed E-state index contributed by atoms with van der Waals surface area (Å²) < 4.78 is 0.483. The summed E-state index contributed by atoms with van der Waals surface area (Å²) >= 11 is 5.48. The van der Waals surface area contributed by atoms with Gasteiger partial charge in [-0.2, -0.15) is 0 Å². The monoisotopic (exact) mass is 348 g/mol. The first-order chi connectivity index (χ1) is 10.8. The van der Waals surface area contributed by atoms with E-state index < -0.39 is 0 Å². The molecule has 1 aliphatic rings. The third-order valence-corrected chi connectivity index (χ3v) is 6.73. The van der Waals surface area contributed by atoms with Crippen LogP contribution < -0.4 is 5.32 Å². The molecule has 1 aromatic heterocycles. The molecule has 0 atom stereocenters. The van der Waals surface area contributed by atoms with Crippen molar-refractivity contribution in [2.24, 2.45) is 0 Å². The number of amides is 1. The Balaban J connectivity index is 1.63. The van der Waals surface area contributed by atoms with Crippen LogP contribution >= 0.6 is 34.9 Å². The molecule has 22 heavy (non-hydrogen) atoms. The van der Waals surface area contributed by atoms with Gasteiger partial charge in [-0.05, 0) is 41.7 Å². The highest BCUT2D eigenvalue weighted by Gasteiger charge is 2.16. The van der Waals surface area contributed by atoms with Crippen molar-refractivity contribution in [3.05, 3.63) is 52.5 Å². The fourth-order valence-corrected chi connectivity index (χ4v) is 5.49. The first-order valence-electron chi connectivity index (χ1n) is 7.02. The van der Waals surface area contributed by atoms with Gasteiger partial charge >= 0.3 is 0 Å². The molecule has 114 valence electrons. The van der Waals surface area contributed by atoms with Gasteiger partial charge in [0.25, 0.3) is 0 Å². The lowest BCUT2D eigenvalue weighted by atomic mass is 10.2. The van der Waals surface area contributed by atoms with Crippen molar-refractivity contribution in [3.8, 4) is 0 Å². The Morgan fingerprint density at radius 3 is 2.95 bits per heavy atom. The van der Waals surface area contributed by atoms with E-state index in [4.69, 9.17) is 0 Å². The van der Waals surface area contributed by atoms with Gasteiger partial charge in [-0.25, -0.2) is 4.98 Å². The number of nitrogens with zero attached hydrogens (tertiary/aromatic N) is 1.